The van der Waals surface area contributed by atoms with Crippen molar-refractivity contribution < 1.29 is 0 Å². The van der Waals surface area contributed by atoms with Gasteiger partial charge >= 0.3 is 0 Å². The van der Waals surface area contributed by atoms with Crippen LogP contribution in [-0.2, 0) is 5.41 Å². The quantitative estimate of drug-likeness (QED) is 0.155. The summed E-state index contributed by atoms with van der Waals surface area (Å²) in [4.78, 5) is 2.43. The first-order valence-electron chi connectivity index (χ1n) is 22.9. The molecular weight excluding hydrogens is 795 g/mol. The lowest BCUT2D eigenvalue weighted by Crippen LogP contribution is -2.25. The molecule has 0 fully saturated rings. The number of anilines is 3. The van der Waals surface area contributed by atoms with E-state index in [9.17, 15) is 0 Å². The van der Waals surface area contributed by atoms with Gasteiger partial charge in [-0.3, -0.25) is 0 Å². The second-order valence-electron chi connectivity index (χ2n) is 17.5. The third-order valence-corrected chi connectivity index (χ3v) is 14.1. The molecule has 0 bridgehead atoms. The van der Waals surface area contributed by atoms with E-state index in [4.69, 9.17) is 0 Å². The molecule has 308 valence electrons. The fraction of sp³-hybridized carbons (Fsp3) is 0.0154. The summed E-state index contributed by atoms with van der Waals surface area (Å²) in [6.07, 6.45) is 0. The van der Waals surface area contributed by atoms with Crippen molar-refractivity contribution in [2.45, 2.75) is 5.41 Å². The molecule has 1 spiro atoms. The van der Waals surface area contributed by atoms with Crippen LogP contribution in [0.4, 0.5) is 17.1 Å². The van der Waals surface area contributed by atoms with Crippen LogP contribution in [0.5, 0.6) is 0 Å². The number of hydrogen-bond donors (Lipinski definition) is 0. The Hall–Kier alpha value is -8.52. The van der Waals surface area contributed by atoms with Gasteiger partial charge in [0.2, 0.25) is 0 Å². The molecule has 0 heterocycles. The van der Waals surface area contributed by atoms with Gasteiger partial charge in [-0.05, 0) is 131 Å². The molecule has 1 nitrogen and oxygen atoms in total. The predicted octanol–water partition coefficient (Wildman–Crippen LogP) is 17.3. The van der Waals surface area contributed by atoms with Crippen molar-refractivity contribution in [3.05, 3.63) is 283 Å². The minimum Gasteiger partial charge on any atom is -0.310 e. The van der Waals surface area contributed by atoms with Gasteiger partial charge in [-0.2, -0.15) is 0 Å². The number of para-hydroxylation sites is 1. The zero-order chi connectivity index (χ0) is 43.6. The Morgan fingerprint density at radius 1 is 0.258 bits per heavy atom. The Morgan fingerprint density at radius 3 is 1.24 bits per heavy atom. The number of benzene rings is 11. The standard InChI is InChI=1S/C65H43N/c1-3-19-44(20-4-1)46-35-39-49(40-36-46)66(50-41-37-47(38-42-50)45-21-5-2-6-22-45)62-34-18-14-28-55(62)52-25-9-10-29-56(52)63-51-24-8-7-23-48(51)43-61-64(63)57-30-13-17-33-60(57)65(61)58-31-15-11-26-53(58)54-27-12-16-32-59(54)65/h1-43H. The molecule has 13 rings (SSSR count). The van der Waals surface area contributed by atoms with E-state index in [1.165, 1.54) is 94.2 Å². The van der Waals surface area contributed by atoms with Gasteiger partial charge in [-0.1, -0.05) is 224 Å². The highest BCUT2D eigenvalue weighted by Gasteiger charge is 2.52. The topological polar surface area (TPSA) is 3.24 Å². The molecular formula is C65H43N. The third-order valence-electron chi connectivity index (χ3n) is 14.1. The first-order valence-corrected chi connectivity index (χ1v) is 22.9. The SMILES string of the molecule is c1ccc(-c2ccc(N(c3ccc(-c4ccccc4)cc3)c3ccccc3-c3ccccc3-c3c4c(cc5ccccc35)C3(c5ccccc5-c5ccccc53)c3ccccc3-4)cc2)cc1. The van der Waals surface area contributed by atoms with Crippen LogP contribution in [0.15, 0.2) is 261 Å². The lowest BCUT2D eigenvalue weighted by molar-refractivity contribution is 0.795. The molecule has 0 radical (unpaired) electrons. The van der Waals surface area contributed by atoms with Gasteiger partial charge in [0.15, 0.2) is 0 Å². The fourth-order valence-electron chi connectivity index (χ4n) is 11.3. The molecule has 0 aromatic heterocycles. The summed E-state index contributed by atoms with van der Waals surface area (Å²) >= 11 is 0. The number of rotatable bonds is 7. The van der Waals surface area contributed by atoms with Crippen molar-refractivity contribution in [3.8, 4) is 66.8 Å². The van der Waals surface area contributed by atoms with Crippen LogP contribution in [0.2, 0.25) is 0 Å². The van der Waals surface area contributed by atoms with Crippen molar-refractivity contribution in [1.29, 1.82) is 0 Å². The van der Waals surface area contributed by atoms with Crippen LogP contribution in [0.1, 0.15) is 22.3 Å². The van der Waals surface area contributed by atoms with E-state index in [1.807, 2.05) is 0 Å². The predicted molar refractivity (Wildman–Crippen MR) is 277 cm³/mol. The Kier molecular flexibility index (Phi) is 8.82. The molecule has 11 aromatic rings. The molecule has 0 atom stereocenters. The van der Waals surface area contributed by atoms with Crippen molar-refractivity contribution in [1.82, 2.24) is 0 Å². The lowest BCUT2D eigenvalue weighted by atomic mass is 9.70. The second-order valence-corrected chi connectivity index (χ2v) is 17.5. The molecule has 11 aromatic carbocycles. The van der Waals surface area contributed by atoms with Crippen LogP contribution in [0.25, 0.3) is 77.5 Å². The summed E-state index contributed by atoms with van der Waals surface area (Å²) in [5.41, 5.74) is 23.1. The molecule has 0 unspecified atom stereocenters. The Labute approximate surface area is 386 Å². The van der Waals surface area contributed by atoms with E-state index < -0.39 is 5.41 Å². The highest BCUT2D eigenvalue weighted by Crippen LogP contribution is 2.65. The van der Waals surface area contributed by atoms with E-state index in [2.05, 4.69) is 266 Å². The van der Waals surface area contributed by atoms with Gasteiger partial charge < -0.3 is 4.90 Å². The van der Waals surface area contributed by atoms with Crippen molar-refractivity contribution in [3.63, 3.8) is 0 Å². The van der Waals surface area contributed by atoms with Gasteiger partial charge in [0, 0.05) is 16.9 Å². The summed E-state index contributed by atoms with van der Waals surface area (Å²) in [7, 11) is 0. The minimum absolute atomic E-state index is 0.459. The number of fused-ring (bicyclic) bond motifs is 11. The van der Waals surface area contributed by atoms with Gasteiger partial charge in [0.1, 0.15) is 0 Å². The maximum Gasteiger partial charge on any atom is 0.0725 e. The molecule has 1 heteroatoms. The molecule has 66 heavy (non-hydrogen) atoms. The summed E-state index contributed by atoms with van der Waals surface area (Å²) in [5, 5.41) is 2.49. The van der Waals surface area contributed by atoms with Gasteiger partial charge in [0.05, 0.1) is 11.1 Å². The zero-order valence-electron chi connectivity index (χ0n) is 36.3. The Morgan fingerprint density at radius 2 is 0.667 bits per heavy atom. The van der Waals surface area contributed by atoms with Crippen molar-refractivity contribution >= 4 is 27.8 Å². The van der Waals surface area contributed by atoms with Crippen LogP contribution in [-0.4, -0.2) is 0 Å². The largest absolute Gasteiger partial charge is 0.310 e. The summed E-state index contributed by atoms with van der Waals surface area (Å²) in [6, 6.07) is 96.3. The van der Waals surface area contributed by atoms with Gasteiger partial charge in [0.25, 0.3) is 0 Å². The molecule has 0 amide bonds. The minimum atomic E-state index is -0.459. The first kappa shape index (κ1) is 38.0. The molecule has 2 aliphatic rings. The highest BCUT2D eigenvalue weighted by atomic mass is 15.1. The third kappa shape index (κ3) is 5.73. The maximum atomic E-state index is 2.50. The highest BCUT2D eigenvalue weighted by molar-refractivity contribution is 6.13. The second kappa shape index (κ2) is 15.3. The lowest BCUT2D eigenvalue weighted by Gasteiger charge is -2.31. The Balaban J connectivity index is 1.05. The molecule has 0 aliphatic heterocycles. The molecule has 0 N–H and O–H groups in total. The van der Waals surface area contributed by atoms with Crippen LogP contribution in [0.3, 0.4) is 0 Å². The van der Waals surface area contributed by atoms with E-state index in [-0.39, 0.29) is 0 Å². The van der Waals surface area contributed by atoms with Crippen molar-refractivity contribution in [2.24, 2.45) is 0 Å². The first-order chi connectivity index (χ1) is 32.8. The Bertz CT molecular complexity index is 3490. The normalized spacial score (nSPS) is 12.7. The fourth-order valence-corrected chi connectivity index (χ4v) is 11.3. The molecule has 0 saturated heterocycles. The van der Waals surface area contributed by atoms with Gasteiger partial charge in [-0.15, -0.1) is 0 Å². The molecule has 2 aliphatic carbocycles. The van der Waals surface area contributed by atoms with E-state index in [0.29, 0.717) is 0 Å². The number of nitrogens with zero attached hydrogens (tertiary/aromatic N) is 1. The smallest absolute Gasteiger partial charge is 0.0725 e. The zero-order valence-corrected chi connectivity index (χ0v) is 36.3. The summed E-state index contributed by atoms with van der Waals surface area (Å²) < 4.78 is 0. The molecule has 0 saturated carbocycles. The van der Waals surface area contributed by atoms with E-state index in [0.717, 1.165) is 22.6 Å². The monoisotopic (exact) mass is 837 g/mol. The van der Waals surface area contributed by atoms with E-state index >= 15 is 0 Å². The van der Waals surface area contributed by atoms with Gasteiger partial charge in [-0.25, -0.2) is 0 Å². The average molecular weight is 838 g/mol. The van der Waals surface area contributed by atoms with E-state index in [1.54, 1.807) is 0 Å². The maximum absolute atomic E-state index is 2.50. The van der Waals surface area contributed by atoms with Crippen LogP contribution in [0, 0.1) is 0 Å². The summed E-state index contributed by atoms with van der Waals surface area (Å²) in [6.45, 7) is 0. The average Bonchev–Trinajstić information content (AvgIpc) is 3.86. The van der Waals surface area contributed by atoms with Crippen LogP contribution >= 0.6 is 0 Å². The van der Waals surface area contributed by atoms with Crippen molar-refractivity contribution in [2.75, 3.05) is 4.90 Å². The van der Waals surface area contributed by atoms with Crippen LogP contribution < -0.4 is 4.90 Å². The number of hydrogen-bond acceptors (Lipinski definition) is 1. The summed E-state index contributed by atoms with van der Waals surface area (Å²) in [5.74, 6) is 0.